The highest BCUT2D eigenvalue weighted by Crippen LogP contribution is 2.28. The standard InChI is InChI=1S/C10H10ClN5O2S/c1-15-9(12)13-14-10(15)19-5-6-2-3-7(16(17)18)4-8(6)11/h2-4H,5H2,1H3,(H2,12,13). The average Bonchev–Trinajstić information content (AvgIpc) is 2.68. The largest absolute Gasteiger partial charge is 0.368 e. The Morgan fingerprint density at radius 2 is 2.26 bits per heavy atom. The second-order valence-electron chi connectivity index (χ2n) is 3.72. The molecule has 2 rings (SSSR count). The second-order valence-corrected chi connectivity index (χ2v) is 5.07. The zero-order valence-corrected chi connectivity index (χ0v) is 11.5. The van der Waals surface area contributed by atoms with Gasteiger partial charge in [-0.2, -0.15) is 0 Å². The summed E-state index contributed by atoms with van der Waals surface area (Å²) in [5.41, 5.74) is 6.33. The quantitative estimate of drug-likeness (QED) is 0.528. The molecule has 0 saturated carbocycles. The van der Waals surface area contributed by atoms with Crippen molar-refractivity contribution in [1.29, 1.82) is 0 Å². The van der Waals surface area contributed by atoms with E-state index < -0.39 is 4.92 Å². The predicted octanol–water partition coefficient (Wildman–Crippen LogP) is 2.25. The lowest BCUT2D eigenvalue weighted by Gasteiger charge is -2.04. The molecule has 7 nitrogen and oxygen atoms in total. The average molecular weight is 300 g/mol. The van der Waals surface area contributed by atoms with Gasteiger partial charge in [-0.1, -0.05) is 23.4 Å². The van der Waals surface area contributed by atoms with Crippen molar-refractivity contribution in [2.75, 3.05) is 5.73 Å². The molecule has 1 aromatic heterocycles. The van der Waals surface area contributed by atoms with E-state index in [0.717, 1.165) is 5.56 Å². The molecule has 0 aliphatic carbocycles. The molecule has 0 spiro atoms. The molecule has 9 heteroatoms. The molecule has 0 unspecified atom stereocenters. The number of rotatable bonds is 4. The van der Waals surface area contributed by atoms with E-state index in [4.69, 9.17) is 17.3 Å². The number of nitrogen functional groups attached to an aromatic ring is 1. The number of anilines is 1. The van der Waals surface area contributed by atoms with Crippen LogP contribution in [0, 0.1) is 10.1 Å². The third kappa shape index (κ3) is 2.96. The molecule has 2 aromatic rings. The molecule has 0 aliphatic rings. The minimum atomic E-state index is -0.480. The van der Waals surface area contributed by atoms with Crippen LogP contribution < -0.4 is 5.73 Å². The van der Waals surface area contributed by atoms with Crippen LogP contribution in [-0.2, 0) is 12.8 Å². The Kier molecular flexibility index (Phi) is 3.91. The zero-order chi connectivity index (χ0) is 14.0. The molecule has 0 aliphatic heterocycles. The maximum Gasteiger partial charge on any atom is 0.270 e. The number of nitro groups is 1. The minimum Gasteiger partial charge on any atom is -0.368 e. The first-order valence-corrected chi connectivity index (χ1v) is 6.56. The van der Waals surface area contributed by atoms with E-state index in [1.54, 1.807) is 17.7 Å². The first kappa shape index (κ1) is 13.6. The highest BCUT2D eigenvalue weighted by molar-refractivity contribution is 7.98. The third-order valence-corrected chi connectivity index (χ3v) is 3.89. The monoisotopic (exact) mass is 299 g/mol. The van der Waals surface area contributed by atoms with Gasteiger partial charge in [-0.05, 0) is 11.6 Å². The lowest BCUT2D eigenvalue weighted by atomic mass is 10.2. The number of thioether (sulfide) groups is 1. The summed E-state index contributed by atoms with van der Waals surface area (Å²) in [6, 6.07) is 4.39. The van der Waals surface area contributed by atoms with Gasteiger partial charge in [0.15, 0.2) is 5.16 Å². The van der Waals surface area contributed by atoms with Gasteiger partial charge < -0.3 is 5.73 Å². The maximum absolute atomic E-state index is 10.6. The van der Waals surface area contributed by atoms with Crippen LogP contribution in [0.3, 0.4) is 0 Å². The molecule has 2 N–H and O–H groups in total. The van der Waals surface area contributed by atoms with Crippen LogP contribution in [0.1, 0.15) is 5.56 Å². The van der Waals surface area contributed by atoms with E-state index >= 15 is 0 Å². The number of benzene rings is 1. The van der Waals surface area contributed by atoms with Crippen LogP contribution in [0.2, 0.25) is 5.02 Å². The van der Waals surface area contributed by atoms with Crippen LogP contribution >= 0.6 is 23.4 Å². The first-order chi connectivity index (χ1) is 8.99. The van der Waals surface area contributed by atoms with Crippen LogP contribution in [0.25, 0.3) is 0 Å². The SMILES string of the molecule is Cn1c(N)nnc1SCc1ccc([N+](=O)[O-])cc1Cl. The molecule has 0 atom stereocenters. The van der Waals surface area contributed by atoms with Crippen LogP contribution in [-0.4, -0.2) is 19.7 Å². The van der Waals surface area contributed by atoms with Gasteiger partial charge in [0, 0.05) is 24.9 Å². The van der Waals surface area contributed by atoms with Crippen LogP contribution in [0.4, 0.5) is 11.6 Å². The van der Waals surface area contributed by atoms with Gasteiger partial charge in [0.2, 0.25) is 5.95 Å². The van der Waals surface area contributed by atoms with E-state index in [0.29, 0.717) is 21.9 Å². The third-order valence-electron chi connectivity index (χ3n) is 2.47. The zero-order valence-electron chi connectivity index (χ0n) is 9.91. The summed E-state index contributed by atoms with van der Waals surface area (Å²) in [5.74, 6) is 0.861. The van der Waals surface area contributed by atoms with Gasteiger partial charge in [-0.15, -0.1) is 10.2 Å². The van der Waals surface area contributed by atoms with E-state index in [1.165, 1.54) is 23.9 Å². The van der Waals surface area contributed by atoms with E-state index in [-0.39, 0.29) is 5.69 Å². The molecule has 0 amide bonds. The lowest BCUT2D eigenvalue weighted by Crippen LogP contribution is -1.98. The highest BCUT2D eigenvalue weighted by Gasteiger charge is 2.11. The van der Waals surface area contributed by atoms with Crippen molar-refractivity contribution < 1.29 is 4.92 Å². The number of halogens is 1. The molecular weight excluding hydrogens is 290 g/mol. The van der Waals surface area contributed by atoms with E-state index in [9.17, 15) is 10.1 Å². The minimum absolute atomic E-state index is 0.0262. The first-order valence-electron chi connectivity index (χ1n) is 5.19. The Morgan fingerprint density at radius 1 is 1.53 bits per heavy atom. The van der Waals surface area contributed by atoms with Gasteiger partial charge in [0.05, 0.1) is 9.95 Å². The number of hydrogen-bond donors (Lipinski definition) is 1. The van der Waals surface area contributed by atoms with Gasteiger partial charge >= 0.3 is 0 Å². The summed E-state index contributed by atoms with van der Waals surface area (Å²) in [4.78, 5) is 10.1. The van der Waals surface area contributed by atoms with Crippen molar-refractivity contribution in [1.82, 2.24) is 14.8 Å². The van der Waals surface area contributed by atoms with Crippen molar-refractivity contribution in [3.8, 4) is 0 Å². The molecule has 1 aromatic carbocycles. The van der Waals surface area contributed by atoms with E-state index in [1.807, 2.05) is 0 Å². The topological polar surface area (TPSA) is 99.9 Å². The molecular formula is C10H10ClN5O2S. The van der Waals surface area contributed by atoms with Crippen molar-refractivity contribution in [2.24, 2.45) is 7.05 Å². The fourth-order valence-electron chi connectivity index (χ4n) is 1.36. The summed E-state index contributed by atoms with van der Waals surface area (Å²) in [5, 5.41) is 19.3. The Hall–Kier alpha value is -1.80. The Bertz CT molecular complexity index is 630. The number of aromatic nitrogens is 3. The fraction of sp³-hybridized carbons (Fsp3) is 0.200. The van der Waals surface area contributed by atoms with Gasteiger partial charge in [0.1, 0.15) is 0 Å². The Morgan fingerprint density at radius 3 is 2.79 bits per heavy atom. The summed E-state index contributed by atoms with van der Waals surface area (Å²) < 4.78 is 1.66. The molecule has 0 radical (unpaired) electrons. The van der Waals surface area contributed by atoms with Gasteiger partial charge in [-0.25, -0.2) is 0 Å². The van der Waals surface area contributed by atoms with Crippen molar-refractivity contribution >= 4 is 35.0 Å². The van der Waals surface area contributed by atoms with Crippen molar-refractivity contribution in [3.05, 3.63) is 38.9 Å². The van der Waals surface area contributed by atoms with Gasteiger partial charge in [0.25, 0.3) is 5.69 Å². The maximum atomic E-state index is 10.6. The van der Waals surface area contributed by atoms with Crippen LogP contribution in [0.5, 0.6) is 0 Å². The summed E-state index contributed by atoms with van der Waals surface area (Å²) in [6.45, 7) is 0. The number of nitrogens with zero attached hydrogens (tertiary/aromatic N) is 4. The van der Waals surface area contributed by atoms with E-state index in [2.05, 4.69) is 10.2 Å². The molecule has 0 bridgehead atoms. The fourth-order valence-corrected chi connectivity index (χ4v) is 2.60. The van der Waals surface area contributed by atoms with Crippen molar-refractivity contribution in [3.63, 3.8) is 0 Å². The normalized spacial score (nSPS) is 10.6. The molecule has 19 heavy (non-hydrogen) atoms. The second kappa shape index (κ2) is 5.45. The van der Waals surface area contributed by atoms with Crippen molar-refractivity contribution in [2.45, 2.75) is 10.9 Å². The predicted molar refractivity (Wildman–Crippen MR) is 73.1 cm³/mol. The lowest BCUT2D eigenvalue weighted by molar-refractivity contribution is -0.384. The Balaban J connectivity index is 2.12. The highest BCUT2D eigenvalue weighted by atomic mass is 35.5. The number of hydrogen-bond acceptors (Lipinski definition) is 6. The summed E-state index contributed by atoms with van der Waals surface area (Å²) in [7, 11) is 1.76. The van der Waals surface area contributed by atoms with Crippen LogP contribution in [0.15, 0.2) is 23.4 Å². The number of nitro benzene ring substituents is 1. The smallest absolute Gasteiger partial charge is 0.270 e. The Labute approximate surface area is 117 Å². The number of nitrogens with two attached hydrogens (primary N) is 1. The summed E-state index contributed by atoms with van der Waals surface area (Å²) in [6.07, 6.45) is 0. The van der Waals surface area contributed by atoms with Gasteiger partial charge in [-0.3, -0.25) is 14.7 Å². The molecule has 100 valence electrons. The number of non-ortho nitro benzene ring substituents is 1. The molecule has 0 saturated heterocycles. The summed E-state index contributed by atoms with van der Waals surface area (Å²) >= 11 is 7.40. The molecule has 1 heterocycles. The molecule has 0 fully saturated rings.